The van der Waals surface area contributed by atoms with Gasteiger partial charge in [-0.2, -0.15) is 0 Å². The Labute approximate surface area is 136 Å². The van der Waals surface area contributed by atoms with E-state index in [1.807, 2.05) is 6.07 Å². The molecule has 5 rings (SSSR count). The molecule has 0 amide bonds. The average molecular weight is 298 g/mol. The summed E-state index contributed by atoms with van der Waals surface area (Å²) in [5, 5.41) is 11.1. The van der Waals surface area contributed by atoms with E-state index in [2.05, 4.69) is 72.8 Å². The van der Waals surface area contributed by atoms with Crippen LogP contribution in [0.5, 0.6) is 0 Å². The summed E-state index contributed by atoms with van der Waals surface area (Å²) in [6.45, 7) is 0. The molecule has 0 saturated carbocycles. The largest absolute Gasteiger partial charge is 0.388 e. The molecule has 1 N–H and O–H groups in total. The number of fused-ring (bicyclic) bond motifs is 5. The van der Waals surface area contributed by atoms with Gasteiger partial charge >= 0.3 is 0 Å². The second-order valence-corrected chi connectivity index (χ2v) is 6.65. The van der Waals surface area contributed by atoms with E-state index in [9.17, 15) is 5.11 Å². The average Bonchev–Trinajstić information content (AvgIpc) is 3.10. The first-order valence-corrected chi connectivity index (χ1v) is 8.27. The molecule has 2 aliphatic rings. The molecule has 4 atom stereocenters. The predicted octanol–water partition coefficient (Wildman–Crippen LogP) is 4.63. The van der Waals surface area contributed by atoms with Gasteiger partial charge in [0.25, 0.3) is 0 Å². The third kappa shape index (κ3) is 1.71. The highest BCUT2D eigenvalue weighted by Crippen LogP contribution is 2.61. The van der Waals surface area contributed by atoms with Crippen molar-refractivity contribution in [1.29, 1.82) is 0 Å². The van der Waals surface area contributed by atoms with Crippen molar-refractivity contribution in [2.24, 2.45) is 5.92 Å². The van der Waals surface area contributed by atoms with Gasteiger partial charge in [-0.15, -0.1) is 0 Å². The Hall–Kier alpha value is -2.38. The first kappa shape index (κ1) is 13.1. The van der Waals surface area contributed by atoms with Gasteiger partial charge in [0.15, 0.2) is 0 Å². The van der Waals surface area contributed by atoms with E-state index >= 15 is 0 Å². The van der Waals surface area contributed by atoms with Crippen LogP contribution in [0.15, 0.2) is 78.9 Å². The van der Waals surface area contributed by atoms with Crippen molar-refractivity contribution in [3.63, 3.8) is 0 Å². The maximum atomic E-state index is 11.1. The number of hydrogen-bond acceptors (Lipinski definition) is 1. The lowest BCUT2D eigenvalue weighted by Gasteiger charge is -2.24. The van der Waals surface area contributed by atoms with Crippen molar-refractivity contribution in [2.75, 3.05) is 0 Å². The first-order chi connectivity index (χ1) is 11.4. The molecule has 0 saturated heterocycles. The van der Waals surface area contributed by atoms with Crippen LogP contribution in [0.4, 0.5) is 0 Å². The zero-order chi connectivity index (χ0) is 15.4. The van der Waals surface area contributed by atoms with Crippen molar-refractivity contribution < 1.29 is 5.11 Å². The van der Waals surface area contributed by atoms with Crippen molar-refractivity contribution in [2.45, 2.75) is 17.9 Å². The van der Waals surface area contributed by atoms with E-state index in [1.54, 1.807) is 0 Å². The van der Waals surface area contributed by atoms with Crippen LogP contribution in [-0.2, 0) is 0 Å². The van der Waals surface area contributed by atoms with Crippen molar-refractivity contribution in [3.8, 4) is 0 Å². The summed E-state index contributed by atoms with van der Waals surface area (Å²) in [6.07, 6.45) is -0.395. The van der Waals surface area contributed by atoms with Crippen LogP contribution in [-0.4, -0.2) is 5.11 Å². The van der Waals surface area contributed by atoms with Gasteiger partial charge in [-0.3, -0.25) is 0 Å². The molecule has 1 nitrogen and oxygen atoms in total. The van der Waals surface area contributed by atoms with E-state index in [-0.39, 0.29) is 11.8 Å². The zero-order valence-corrected chi connectivity index (χ0v) is 12.8. The maximum absolute atomic E-state index is 11.1. The quantitative estimate of drug-likeness (QED) is 0.694. The van der Waals surface area contributed by atoms with Gasteiger partial charge in [0, 0.05) is 17.8 Å². The summed E-state index contributed by atoms with van der Waals surface area (Å²) in [6, 6.07) is 27.8. The normalized spacial score (nSPS) is 27.3. The monoisotopic (exact) mass is 298 g/mol. The van der Waals surface area contributed by atoms with Crippen LogP contribution in [0.1, 0.15) is 45.8 Å². The van der Waals surface area contributed by atoms with Gasteiger partial charge in [-0.05, 0) is 27.8 Å². The summed E-state index contributed by atoms with van der Waals surface area (Å²) >= 11 is 0. The molecule has 2 aliphatic carbocycles. The molecular formula is C22H18O. The highest BCUT2D eigenvalue weighted by Gasteiger charge is 2.50. The molecule has 3 aromatic rings. The molecule has 1 heteroatoms. The van der Waals surface area contributed by atoms with E-state index < -0.39 is 6.10 Å². The number of benzene rings is 3. The fourth-order valence-corrected chi connectivity index (χ4v) is 4.76. The number of aliphatic hydroxyl groups is 1. The molecule has 23 heavy (non-hydrogen) atoms. The molecule has 0 heterocycles. The first-order valence-electron chi connectivity index (χ1n) is 8.27. The molecule has 3 aromatic carbocycles. The molecule has 0 aromatic heterocycles. The fraction of sp³-hybridized carbons (Fsp3) is 0.182. The minimum atomic E-state index is -0.395. The summed E-state index contributed by atoms with van der Waals surface area (Å²) in [4.78, 5) is 0. The molecular weight excluding hydrogens is 280 g/mol. The SMILES string of the molecule is OC1c2ccccc2C2c3ccccc3C(c3ccccc3)[C@H]12. The summed E-state index contributed by atoms with van der Waals surface area (Å²) in [5.41, 5.74) is 6.48. The van der Waals surface area contributed by atoms with Crippen LogP contribution in [0.25, 0.3) is 0 Å². The second kappa shape index (κ2) is 4.81. The number of rotatable bonds is 1. The van der Waals surface area contributed by atoms with Gasteiger partial charge in [0.1, 0.15) is 0 Å². The molecule has 0 aliphatic heterocycles. The van der Waals surface area contributed by atoms with Crippen LogP contribution in [0, 0.1) is 5.92 Å². The zero-order valence-electron chi connectivity index (χ0n) is 12.8. The lowest BCUT2D eigenvalue weighted by Crippen LogP contribution is -2.15. The Morgan fingerprint density at radius 2 is 1.00 bits per heavy atom. The van der Waals surface area contributed by atoms with Gasteiger partial charge in [0.2, 0.25) is 0 Å². The van der Waals surface area contributed by atoms with Crippen molar-refractivity contribution in [3.05, 3.63) is 107 Å². The second-order valence-electron chi connectivity index (χ2n) is 6.65. The lowest BCUT2D eigenvalue weighted by atomic mass is 9.81. The number of hydrogen-bond donors (Lipinski definition) is 1. The standard InChI is InChI=1S/C22H18O/c23-22-18-13-7-6-12-17(18)20-16-11-5-4-10-15(16)19(21(20)22)14-8-2-1-3-9-14/h1-13,19-23H/t19?,20?,21-,22?/m0/s1. The summed E-state index contributed by atoms with van der Waals surface area (Å²) in [7, 11) is 0. The third-order valence-corrected chi connectivity index (χ3v) is 5.61. The third-order valence-electron chi connectivity index (χ3n) is 5.61. The van der Waals surface area contributed by atoms with E-state index in [0.717, 1.165) is 5.56 Å². The highest BCUT2D eigenvalue weighted by molar-refractivity contribution is 5.56. The van der Waals surface area contributed by atoms with Gasteiger partial charge < -0.3 is 5.11 Å². The Bertz CT molecular complexity index is 853. The highest BCUT2D eigenvalue weighted by atomic mass is 16.3. The van der Waals surface area contributed by atoms with Crippen molar-refractivity contribution >= 4 is 0 Å². The minimum absolute atomic E-state index is 0.201. The van der Waals surface area contributed by atoms with E-state index in [0.29, 0.717) is 5.92 Å². The van der Waals surface area contributed by atoms with Crippen LogP contribution < -0.4 is 0 Å². The summed E-state index contributed by atoms with van der Waals surface area (Å²) < 4.78 is 0. The van der Waals surface area contributed by atoms with E-state index in [4.69, 9.17) is 0 Å². The molecule has 112 valence electrons. The summed E-state index contributed by atoms with van der Waals surface area (Å²) in [5.74, 6) is 0.773. The van der Waals surface area contributed by atoms with Crippen molar-refractivity contribution in [1.82, 2.24) is 0 Å². The van der Waals surface area contributed by atoms with Gasteiger partial charge in [0.05, 0.1) is 6.10 Å². The van der Waals surface area contributed by atoms with Gasteiger partial charge in [-0.1, -0.05) is 78.9 Å². The minimum Gasteiger partial charge on any atom is -0.388 e. The fourth-order valence-electron chi connectivity index (χ4n) is 4.76. The molecule has 3 unspecified atom stereocenters. The molecule has 0 bridgehead atoms. The Morgan fingerprint density at radius 1 is 0.522 bits per heavy atom. The molecule has 0 spiro atoms. The lowest BCUT2D eigenvalue weighted by molar-refractivity contribution is 0.113. The molecule has 0 radical (unpaired) electrons. The predicted molar refractivity (Wildman–Crippen MR) is 91.5 cm³/mol. The Morgan fingerprint density at radius 3 is 1.65 bits per heavy atom. The van der Waals surface area contributed by atoms with Gasteiger partial charge in [-0.25, -0.2) is 0 Å². The Balaban J connectivity index is 1.77. The van der Waals surface area contributed by atoms with Crippen LogP contribution in [0.2, 0.25) is 0 Å². The van der Waals surface area contributed by atoms with E-state index in [1.165, 1.54) is 22.3 Å². The van der Waals surface area contributed by atoms with Crippen LogP contribution >= 0.6 is 0 Å². The maximum Gasteiger partial charge on any atom is 0.0839 e. The topological polar surface area (TPSA) is 20.2 Å². The Kier molecular flexibility index (Phi) is 2.74. The molecule has 0 fully saturated rings. The smallest absolute Gasteiger partial charge is 0.0839 e. The van der Waals surface area contributed by atoms with Crippen LogP contribution in [0.3, 0.4) is 0 Å². The number of aliphatic hydroxyl groups excluding tert-OH is 1.